The summed E-state index contributed by atoms with van der Waals surface area (Å²) < 4.78 is 64.4. The molecule has 286 valence electrons. The molecule has 54 heavy (non-hydrogen) atoms. The van der Waals surface area contributed by atoms with E-state index in [0.29, 0.717) is 12.8 Å². The van der Waals surface area contributed by atoms with Gasteiger partial charge in [-0.05, 0) is 87.4 Å². The van der Waals surface area contributed by atoms with E-state index < -0.39 is 44.0 Å². The topological polar surface area (TPSA) is 203 Å². The second kappa shape index (κ2) is 19.4. The summed E-state index contributed by atoms with van der Waals surface area (Å²) in [5.74, 6) is -1.16. The summed E-state index contributed by atoms with van der Waals surface area (Å²) in [4.78, 5) is 49.6. The number of esters is 2. The molecule has 0 fully saturated rings. The maximum absolute atomic E-state index is 12.5. The first-order valence-corrected chi connectivity index (χ1v) is 20.0. The highest BCUT2D eigenvalue weighted by atomic mass is 32.2. The first-order chi connectivity index (χ1) is 25.7. The zero-order valence-corrected chi connectivity index (χ0v) is 31.4. The summed E-state index contributed by atoms with van der Waals surface area (Å²) in [6.45, 7) is 4.02. The van der Waals surface area contributed by atoms with Crippen molar-refractivity contribution in [2.75, 3.05) is 23.8 Å². The number of amides is 4. The monoisotopic (exact) mass is 778 g/mol. The van der Waals surface area contributed by atoms with Crippen LogP contribution in [0.2, 0.25) is 0 Å². The van der Waals surface area contributed by atoms with E-state index in [0.717, 1.165) is 36.8 Å². The van der Waals surface area contributed by atoms with E-state index in [1.807, 2.05) is 23.3 Å². The van der Waals surface area contributed by atoms with Gasteiger partial charge >= 0.3 is 24.0 Å². The highest BCUT2D eigenvalue weighted by molar-refractivity contribution is 7.90. The minimum absolute atomic E-state index is 0.0569. The molecular formula is C38H42N4O10S2. The molecule has 0 spiro atoms. The normalized spacial score (nSPS) is 11.2. The van der Waals surface area contributed by atoms with Gasteiger partial charge in [0.2, 0.25) is 0 Å². The highest BCUT2D eigenvalue weighted by Crippen LogP contribution is 2.16. The van der Waals surface area contributed by atoms with Crippen LogP contribution >= 0.6 is 0 Å². The Bertz CT molecular complexity index is 2000. The minimum atomic E-state index is -4.08. The molecule has 0 heterocycles. The number of rotatable bonds is 17. The van der Waals surface area contributed by atoms with Gasteiger partial charge in [0.05, 0.1) is 34.1 Å². The molecule has 4 amide bonds. The number of urea groups is 2. The van der Waals surface area contributed by atoms with Gasteiger partial charge in [-0.3, -0.25) is 0 Å². The molecule has 0 aliphatic heterocycles. The summed E-state index contributed by atoms with van der Waals surface area (Å²) >= 11 is 0. The third-order valence-corrected chi connectivity index (χ3v) is 10.5. The van der Waals surface area contributed by atoms with E-state index in [2.05, 4.69) is 10.6 Å². The fourth-order valence-corrected chi connectivity index (χ4v) is 6.78. The molecule has 0 atom stereocenters. The van der Waals surface area contributed by atoms with Crippen LogP contribution < -0.4 is 20.1 Å². The van der Waals surface area contributed by atoms with Crippen LogP contribution in [-0.2, 0) is 29.5 Å². The van der Waals surface area contributed by atoms with Crippen LogP contribution in [0, 0.1) is 13.8 Å². The second-order valence-corrected chi connectivity index (χ2v) is 15.7. The van der Waals surface area contributed by atoms with E-state index in [9.17, 15) is 36.0 Å². The average molecular weight is 779 g/mol. The van der Waals surface area contributed by atoms with Crippen molar-refractivity contribution < 1.29 is 45.5 Å². The predicted octanol–water partition coefficient (Wildman–Crippen LogP) is 6.68. The van der Waals surface area contributed by atoms with Crippen molar-refractivity contribution in [2.24, 2.45) is 0 Å². The molecule has 0 saturated carbocycles. The molecule has 0 radical (unpaired) electrons. The van der Waals surface area contributed by atoms with Gasteiger partial charge in [0.1, 0.15) is 0 Å². The lowest BCUT2D eigenvalue weighted by Crippen LogP contribution is -2.34. The molecule has 4 rings (SSSR count). The average Bonchev–Trinajstić information content (AvgIpc) is 3.12. The van der Waals surface area contributed by atoms with Crippen molar-refractivity contribution in [2.45, 2.75) is 62.2 Å². The fourth-order valence-electron chi connectivity index (χ4n) is 4.97. The number of carbonyl (C=O) groups excluding carboxylic acids is 4. The van der Waals surface area contributed by atoms with E-state index in [1.54, 1.807) is 24.3 Å². The van der Waals surface area contributed by atoms with Crippen LogP contribution in [0.15, 0.2) is 107 Å². The van der Waals surface area contributed by atoms with E-state index in [4.69, 9.17) is 9.47 Å². The van der Waals surface area contributed by atoms with Gasteiger partial charge in [0.25, 0.3) is 20.0 Å². The van der Waals surface area contributed by atoms with Crippen LogP contribution in [0.4, 0.5) is 21.0 Å². The molecule has 4 aromatic rings. The van der Waals surface area contributed by atoms with Crippen molar-refractivity contribution in [1.82, 2.24) is 9.44 Å². The number of carbonyl (C=O) groups is 4. The summed E-state index contributed by atoms with van der Waals surface area (Å²) in [5, 5.41) is 4.83. The van der Waals surface area contributed by atoms with Crippen LogP contribution in [0.1, 0.15) is 70.4 Å². The summed E-state index contributed by atoms with van der Waals surface area (Å²) in [7, 11) is -8.16. The zero-order valence-electron chi connectivity index (χ0n) is 29.8. The Labute approximate surface area is 314 Å². The van der Waals surface area contributed by atoms with E-state index >= 15 is 0 Å². The van der Waals surface area contributed by atoms with Gasteiger partial charge in [-0.1, -0.05) is 73.2 Å². The Balaban J connectivity index is 1.07. The van der Waals surface area contributed by atoms with E-state index in [-0.39, 0.29) is 45.5 Å². The van der Waals surface area contributed by atoms with Gasteiger partial charge < -0.3 is 20.1 Å². The lowest BCUT2D eigenvalue weighted by atomic mass is 10.1. The number of hydrogen-bond donors (Lipinski definition) is 4. The largest absolute Gasteiger partial charge is 0.462 e. The summed E-state index contributed by atoms with van der Waals surface area (Å²) in [6, 6.07) is 22.0. The number of aryl methyl sites for hydroxylation is 2. The number of benzene rings is 4. The van der Waals surface area contributed by atoms with Gasteiger partial charge in [-0.15, -0.1) is 0 Å². The number of nitrogens with one attached hydrogen (secondary N) is 4. The van der Waals surface area contributed by atoms with Crippen molar-refractivity contribution in [1.29, 1.82) is 0 Å². The van der Waals surface area contributed by atoms with Gasteiger partial charge in [0, 0.05) is 11.4 Å². The predicted molar refractivity (Wildman–Crippen MR) is 202 cm³/mol. The molecule has 0 saturated heterocycles. The Morgan fingerprint density at radius 1 is 0.500 bits per heavy atom. The van der Waals surface area contributed by atoms with Crippen molar-refractivity contribution in [3.05, 3.63) is 119 Å². The van der Waals surface area contributed by atoms with Crippen molar-refractivity contribution in [3.63, 3.8) is 0 Å². The van der Waals surface area contributed by atoms with Crippen molar-refractivity contribution >= 4 is 55.4 Å². The molecule has 0 bridgehead atoms. The molecular weight excluding hydrogens is 737 g/mol. The van der Waals surface area contributed by atoms with Crippen LogP contribution in [0.3, 0.4) is 0 Å². The van der Waals surface area contributed by atoms with Crippen LogP contribution in [-0.4, -0.2) is 54.1 Å². The third-order valence-electron chi connectivity index (χ3n) is 7.83. The molecule has 16 heteroatoms. The molecule has 4 aromatic carbocycles. The lowest BCUT2D eigenvalue weighted by molar-refractivity contribution is 0.0484. The second-order valence-electron chi connectivity index (χ2n) is 12.3. The Morgan fingerprint density at radius 2 is 0.852 bits per heavy atom. The maximum Gasteiger partial charge on any atom is 0.338 e. The molecule has 0 aliphatic carbocycles. The Morgan fingerprint density at radius 3 is 1.22 bits per heavy atom. The summed E-state index contributed by atoms with van der Waals surface area (Å²) in [5.41, 5.74) is 2.56. The summed E-state index contributed by atoms with van der Waals surface area (Å²) in [6.07, 6.45) is 4.65. The third kappa shape index (κ3) is 13.0. The number of hydrogen-bond acceptors (Lipinski definition) is 10. The molecule has 0 unspecified atom stereocenters. The number of ether oxygens (including phenoxy) is 2. The first kappa shape index (κ1) is 41.0. The first-order valence-electron chi connectivity index (χ1n) is 17.1. The fraction of sp³-hybridized carbons (Fsp3) is 0.263. The number of sulfonamides is 2. The van der Waals surface area contributed by atoms with Gasteiger partial charge in [0.15, 0.2) is 0 Å². The smallest absolute Gasteiger partial charge is 0.338 e. The highest BCUT2D eigenvalue weighted by Gasteiger charge is 2.19. The number of unbranched alkanes of at least 4 members (excludes halogenated alkanes) is 5. The van der Waals surface area contributed by atoms with Crippen LogP contribution in [0.25, 0.3) is 0 Å². The van der Waals surface area contributed by atoms with Crippen molar-refractivity contribution in [3.8, 4) is 0 Å². The Kier molecular flexibility index (Phi) is 14.7. The maximum atomic E-state index is 12.5. The van der Waals surface area contributed by atoms with Crippen LogP contribution in [0.5, 0.6) is 0 Å². The quantitative estimate of drug-likeness (QED) is 0.0662. The standard InChI is InChI=1S/C38H42N4O10S2/c1-27-15-19-33(20-16-27)53(47,48)41-37(45)39-31-13-9-11-29(25-31)35(43)51-23-7-5-3-4-6-8-24-52-36(44)30-12-10-14-32(26-30)40-38(46)42-54(49,50)34-21-17-28(2)18-22-34/h9-22,25-26H,3-8,23-24H2,1-2H3,(H2,39,41,45)(H2,40,42,46). The van der Waals surface area contributed by atoms with E-state index in [1.165, 1.54) is 72.8 Å². The zero-order chi connectivity index (χ0) is 39.1. The lowest BCUT2D eigenvalue weighted by Gasteiger charge is -2.10. The molecule has 0 aromatic heterocycles. The van der Waals surface area contributed by atoms with Gasteiger partial charge in [-0.25, -0.2) is 45.5 Å². The molecule has 14 nitrogen and oxygen atoms in total. The van der Waals surface area contributed by atoms with Gasteiger partial charge in [-0.2, -0.15) is 0 Å². The Hall–Kier alpha value is -5.74. The number of anilines is 2. The SMILES string of the molecule is Cc1ccc(S(=O)(=O)NC(=O)Nc2cccc(C(=O)OCCCCCCCCOC(=O)c3cccc(NC(=O)NS(=O)(=O)c4ccc(C)cc4)c3)c2)cc1. The minimum Gasteiger partial charge on any atom is -0.462 e. The molecule has 0 aliphatic rings. The molecule has 4 N–H and O–H groups in total.